The summed E-state index contributed by atoms with van der Waals surface area (Å²) in [5.74, 6) is -1.14. The summed E-state index contributed by atoms with van der Waals surface area (Å²) < 4.78 is 27.2. The molecule has 2 rings (SSSR count). The Bertz CT molecular complexity index is 484. The number of hydrogen-bond donors (Lipinski definition) is 2. The van der Waals surface area contributed by atoms with E-state index >= 15 is 0 Å². The fourth-order valence-electron chi connectivity index (χ4n) is 2.67. The highest BCUT2D eigenvalue weighted by molar-refractivity contribution is 7.86. The summed E-state index contributed by atoms with van der Waals surface area (Å²) in [4.78, 5) is 11.2. The highest BCUT2D eigenvalue weighted by atomic mass is 32.2. The van der Waals surface area contributed by atoms with Gasteiger partial charge in [-0.2, -0.15) is 17.0 Å². The number of nitrogens with zero attached hydrogens (tertiary/aromatic N) is 2. The molecule has 0 aromatic rings. The number of rotatable bonds is 4. The zero-order chi connectivity index (χ0) is 15.1. The van der Waals surface area contributed by atoms with E-state index in [0.717, 1.165) is 10.7 Å². The molecule has 2 heterocycles. The minimum atomic E-state index is -3.80. The fraction of sp³-hybridized carbons (Fsp3) is 0.917. The molecule has 2 N–H and O–H groups in total. The maximum atomic E-state index is 12.5. The molecule has 0 saturated carbocycles. The van der Waals surface area contributed by atoms with Crippen molar-refractivity contribution in [2.24, 2.45) is 5.92 Å². The molecule has 8 heteroatoms. The number of aliphatic carboxylic acids is 1. The third kappa shape index (κ3) is 2.57. The summed E-state index contributed by atoms with van der Waals surface area (Å²) >= 11 is 0. The van der Waals surface area contributed by atoms with E-state index in [9.17, 15) is 18.3 Å². The molecule has 1 atom stereocenters. The van der Waals surface area contributed by atoms with Gasteiger partial charge in [-0.1, -0.05) is 13.8 Å². The van der Waals surface area contributed by atoms with E-state index in [0.29, 0.717) is 12.8 Å². The Morgan fingerprint density at radius 1 is 1.30 bits per heavy atom. The maximum absolute atomic E-state index is 12.5. The molecule has 0 spiro atoms. The average molecular weight is 306 g/mol. The van der Waals surface area contributed by atoms with E-state index in [1.807, 2.05) is 13.8 Å². The Labute approximate surface area is 119 Å². The van der Waals surface area contributed by atoms with Crippen molar-refractivity contribution in [3.8, 4) is 0 Å². The van der Waals surface area contributed by atoms with Crippen molar-refractivity contribution in [1.82, 2.24) is 8.61 Å². The highest BCUT2D eigenvalue weighted by Gasteiger charge is 2.52. The number of carboxylic acids is 1. The smallest absolute Gasteiger partial charge is 0.322 e. The Balaban J connectivity index is 2.13. The van der Waals surface area contributed by atoms with E-state index in [2.05, 4.69) is 0 Å². The Morgan fingerprint density at radius 2 is 1.90 bits per heavy atom. The van der Waals surface area contributed by atoms with Crippen LogP contribution >= 0.6 is 0 Å². The van der Waals surface area contributed by atoms with Crippen molar-refractivity contribution in [1.29, 1.82) is 0 Å². The lowest BCUT2D eigenvalue weighted by molar-refractivity contribution is -0.142. The zero-order valence-corrected chi connectivity index (χ0v) is 12.6. The van der Waals surface area contributed by atoms with Gasteiger partial charge in [0.1, 0.15) is 6.04 Å². The molecule has 20 heavy (non-hydrogen) atoms. The lowest BCUT2D eigenvalue weighted by Gasteiger charge is -2.50. The Morgan fingerprint density at radius 3 is 2.40 bits per heavy atom. The van der Waals surface area contributed by atoms with Gasteiger partial charge >= 0.3 is 5.97 Å². The van der Waals surface area contributed by atoms with Crippen LogP contribution < -0.4 is 0 Å². The Kier molecular flexibility index (Phi) is 4.12. The van der Waals surface area contributed by atoms with E-state index in [1.54, 1.807) is 0 Å². The molecular formula is C12H22N2O5S. The van der Waals surface area contributed by atoms with Crippen molar-refractivity contribution < 1.29 is 23.4 Å². The Hall–Kier alpha value is -0.700. The van der Waals surface area contributed by atoms with E-state index in [1.165, 1.54) is 4.31 Å². The number of β-amino-alcohol motifs (C(OH)–C–C–N with tert-alkyl or cyclic N) is 1. The molecule has 7 nitrogen and oxygen atoms in total. The minimum absolute atomic E-state index is 0.0365. The normalized spacial score (nSPS) is 28.3. The van der Waals surface area contributed by atoms with Gasteiger partial charge in [-0.25, -0.2) is 0 Å². The third-order valence-electron chi connectivity index (χ3n) is 4.34. The first-order chi connectivity index (χ1) is 9.18. The van der Waals surface area contributed by atoms with Crippen molar-refractivity contribution in [2.75, 3.05) is 19.6 Å². The van der Waals surface area contributed by atoms with E-state index in [-0.39, 0.29) is 25.6 Å². The van der Waals surface area contributed by atoms with Gasteiger partial charge in [0.2, 0.25) is 0 Å². The van der Waals surface area contributed by atoms with Crippen LogP contribution in [0, 0.1) is 5.92 Å². The molecular weight excluding hydrogens is 284 g/mol. The standard InChI is InChI=1S/C12H22N2O5S/c1-9(2)12(17)7-13(8-12)20(18,19)14-6-4-3-5-10(14)11(15)16/h9-10,17H,3-8H2,1-2H3,(H,15,16). The number of carbonyl (C=O) groups is 1. The largest absolute Gasteiger partial charge is 0.480 e. The van der Waals surface area contributed by atoms with Crippen LogP contribution in [0.3, 0.4) is 0 Å². The van der Waals surface area contributed by atoms with Gasteiger partial charge in [-0.3, -0.25) is 4.79 Å². The number of carboxylic acid groups (broad SMARTS) is 1. The molecule has 116 valence electrons. The molecule has 0 aromatic carbocycles. The molecule has 0 aromatic heterocycles. The van der Waals surface area contributed by atoms with Crippen molar-refractivity contribution in [3.63, 3.8) is 0 Å². The highest BCUT2D eigenvalue weighted by Crippen LogP contribution is 2.33. The molecule has 2 aliphatic heterocycles. The van der Waals surface area contributed by atoms with Crippen LogP contribution in [0.25, 0.3) is 0 Å². The minimum Gasteiger partial charge on any atom is -0.480 e. The van der Waals surface area contributed by atoms with Crippen LogP contribution in [0.5, 0.6) is 0 Å². The quantitative estimate of drug-likeness (QED) is 0.754. The first-order valence-electron chi connectivity index (χ1n) is 6.90. The van der Waals surface area contributed by atoms with Crippen molar-refractivity contribution in [3.05, 3.63) is 0 Å². The topological polar surface area (TPSA) is 98.2 Å². The number of piperidine rings is 1. The second kappa shape index (κ2) is 5.25. The van der Waals surface area contributed by atoms with E-state index in [4.69, 9.17) is 5.11 Å². The van der Waals surface area contributed by atoms with Gasteiger partial charge < -0.3 is 10.2 Å². The summed E-state index contributed by atoms with van der Waals surface area (Å²) in [6, 6.07) is -0.985. The maximum Gasteiger partial charge on any atom is 0.322 e. The molecule has 1 unspecified atom stereocenters. The first-order valence-corrected chi connectivity index (χ1v) is 8.30. The molecule has 2 aliphatic rings. The van der Waals surface area contributed by atoms with Crippen molar-refractivity contribution in [2.45, 2.75) is 44.8 Å². The second-order valence-electron chi connectivity index (χ2n) is 5.99. The van der Waals surface area contributed by atoms with E-state index < -0.39 is 27.8 Å². The van der Waals surface area contributed by atoms with Crippen LogP contribution in [0.15, 0.2) is 0 Å². The molecule has 0 radical (unpaired) electrons. The summed E-state index contributed by atoms with van der Waals surface area (Å²) in [6.45, 7) is 3.98. The average Bonchev–Trinajstić information content (AvgIpc) is 2.34. The summed E-state index contributed by atoms with van der Waals surface area (Å²) in [5, 5.41) is 19.3. The predicted molar refractivity (Wildman–Crippen MR) is 72.3 cm³/mol. The molecule has 2 saturated heterocycles. The van der Waals surface area contributed by atoms with Crippen molar-refractivity contribution >= 4 is 16.2 Å². The first kappa shape index (κ1) is 15.7. The summed E-state index contributed by atoms with van der Waals surface area (Å²) in [6.07, 6.45) is 1.74. The van der Waals surface area contributed by atoms with Gasteiger partial charge in [0.15, 0.2) is 0 Å². The molecule has 0 amide bonds. The van der Waals surface area contributed by atoms with Crippen LogP contribution in [-0.2, 0) is 15.0 Å². The lowest BCUT2D eigenvalue weighted by atomic mass is 9.85. The number of aliphatic hydroxyl groups is 1. The van der Waals surface area contributed by atoms with Crippen LogP contribution in [-0.4, -0.2) is 64.5 Å². The SMILES string of the molecule is CC(C)C1(O)CN(S(=O)(=O)N2CCCCC2C(=O)O)C1. The summed E-state index contributed by atoms with van der Waals surface area (Å²) in [5.41, 5.74) is -0.998. The lowest BCUT2D eigenvalue weighted by Crippen LogP contribution is -2.69. The van der Waals surface area contributed by atoms with Gasteiger partial charge in [0.25, 0.3) is 10.2 Å². The number of hydrogen-bond acceptors (Lipinski definition) is 4. The van der Waals surface area contributed by atoms with Gasteiger partial charge in [-0.15, -0.1) is 0 Å². The van der Waals surface area contributed by atoms with Crippen LogP contribution in [0.4, 0.5) is 0 Å². The molecule has 2 fully saturated rings. The molecule has 0 bridgehead atoms. The second-order valence-corrected chi connectivity index (χ2v) is 7.88. The van der Waals surface area contributed by atoms with Gasteiger partial charge in [-0.05, 0) is 25.2 Å². The summed E-state index contributed by atoms with van der Waals surface area (Å²) in [7, 11) is -3.80. The van der Waals surface area contributed by atoms with Gasteiger partial charge in [0.05, 0.1) is 5.60 Å². The van der Waals surface area contributed by atoms with Gasteiger partial charge in [0, 0.05) is 19.6 Å². The predicted octanol–water partition coefficient (Wildman–Crippen LogP) is -0.127. The monoisotopic (exact) mass is 306 g/mol. The molecule has 0 aliphatic carbocycles. The van der Waals surface area contributed by atoms with Crippen LogP contribution in [0.1, 0.15) is 33.1 Å². The fourth-order valence-corrected chi connectivity index (χ4v) is 4.62. The zero-order valence-electron chi connectivity index (χ0n) is 11.8. The van der Waals surface area contributed by atoms with Crippen LogP contribution in [0.2, 0.25) is 0 Å². The third-order valence-corrected chi connectivity index (χ3v) is 6.28.